The second kappa shape index (κ2) is 6.93. The molecule has 0 spiro atoms. The van der Waals surface area contributed by atoms with E-state index in [4.69, 9.17) is 0 Å². The summed E-state index contributed by atoms with van der Waals surface area (Å²) in [6.45, 7) is 4.59. The third-order valence-electron chi connectivity index (χ3n) is 4.49. The number of benzene rings is 1. The Bertz CT molecular complexity index is 580. The third kappa shape index (κ3) is 3.87. The first-order chi connectivity index (χ1) is 10.7. The summed E-state index contributed by atoms with van der Waals surface area (Å²) in [5.74, 6) is -2.28. The molecule has 6 heteroatoms. The Labute approximate surface area is 135 Å². The van der Waals surface area contributed by atoms with Crippen molar-refractivity contribution in [3.8, 4) is 0 Å². The minimum Gasteiger partial charge on any atom is -0.379 e. The Morgan fingerprint density at radius 2 is 2.09 bits per heavy atom. The van der Waals surface area contributed by atoms with Gasteiger partial charge in [-0.2, -0.15) is 0 Å². The van der Waals surface area contributed by atoms with Crippen LogP contribution in [0.4, 0.5) is 8.78 Å². The van der Waals surface area contributed by atoms with Gasteiger partial charge in [0.15, 0.2) is 17.2 Å². The Balaban J connectivity index is 2.14. The minimum absolute atomic E-state index is 0.0316. The minimum atomic E-state index is -1.47. The number of carbonyl (C=O) groups is 1. The number of likely N-dealkylation sites (N-methyl/N-ethyl adjacent to an activating group) is 1. The van der Waals surface area contributed by atoms with E-state index in [9.17, 15) is 18.7 Å². The molecule has 1 fully saturated rings. The van der Waals surface area contributed by atoms with Crippen molar-refractivity contribution in [1.29, 1.82) is 0 Å². The van der Waals surface area contributed by atoms with E-state index in [2.05, 4.69) is 0 Å². The highest BCUT2D eigenvalue weighted by atomic mass is 19.2. The summed E-state index contributed by atoms with van der Waals surface area (Å²) in [6, 6.07) is 4.12. The lowest BCUT2D eigenvalue weighted by Gasteiger charge is -2.41. The largest absolute Gasteiger partial charge is 0.379 e. The quantitative estimate of drug-likeness (QED) is 0.902. The number of carbonyl (C=O) groups excluding carboxylic acids is 1. The van der Waals surface area contributed by atoms with Gasteiger partial charge >= 0.3 is 0 Å². The van der Waals surface area contributed by atoms with Gasteiger partial charge in [0.25, 0.3) is 5.91 Å². The lowest BCUT2D eigenvalue weighted by Crippen LogP contribution is -2.58. The second-order valence-corrected chi connectivity index (χ2v) is 6.58. The molecule has 128 valence electrons. The number of halogens is 2. The van der Waals surface area contributed by atoms with E-state index in [-0.39, 0.29) is 24.7 Å². The van der Waals surface area contributed by atoms with Crippen LogP contribution in [0.1, 0.15) is 32.3 Å². The van der Waals surface area contributed by atoms with Crippen LogP contribution in [0.3, 0.4) is 0 Å². The summed E-state index contributed by atoms with van der Waals surface area (Å²) in [5.41, 5.74) is -1.35. The molecule has 1 saturated heterocycles. The Morgan fingerprint density at radius 3 is 2.74 bits per heavy atom. The van der Waals surface area contributed by atoms with Crippen LogP contribution in [0.15, 0.2) is 18.2 Å². The fourth-order valence-electron chi connectivity index (χ4n) is 2.83. The van der Waals surface area contributed by atoms with Gasteiger partial charge in [0.1, 0.15) is 0 Å². The Morgan fingerprint density at radius 1 is 1.39 bits per heavy atom. The third-order valence-corrected chi connectivity index (χ3v) is 4.49. The van der Waals surface area contributed by atoms with E-state index in [0.29, 0.717) is 19.4 Å². The number of nitrogens with zero attached hydrogens (tertiary/aromatic N) is 2. The van der Waals surface area contributed by atoms with Crippen molar-refractivity contribution < 1.29 is 18.7 Å². The van der Waals surface area contributed by atoms with Crippen molar-refractivity contribution in [3.05, 3.63) is 35.4 Å². The lowest BCUT2D eigenvalue weighted by molar-refractivity contribution is -0.160. The maximum atomic E-state index is 13.8. The molecule has 2 rings (SSSR count). The van der Waals surface area contributed by atoms with E-state index in [1.165, 1.54) is 17.0 Å². The maximum Gasteiger partial charge on any atom is 0.256 e. The van der Waals surface area contributed by atoms with Gasteiger partial charge in [-0.05, 0) is 39.8 Å². The van der Waals surface area contributed by atoms with Gasteiger partial charge in [-0.15, -0.1) is 0 Å². The highest BCUT2D eigenvalue weighted by Gasteiger charge is 2.43. The average molecular weight is 326 g/mol. The van der Waals surface area contributed by atoms with Crippen molar-refractivity contribution in [3.63, 3.8) is 0 Å². The number of hydrogen-bond acceptors (Lipinski definition) is 3. The summed E-state index contributed by atoms with van der Waals surface area (Å²) in [4.78, 5) is 16.0. The molecule has 4 nitrogen and oxygen atoms in total. The first kappa shape index (κ1) is 17.8. The first-order valence-electron chi connectivity index (χ1n) is 7.89. The van der Waals surface area contributed by atoms with E-state index in [0.717, 1.165) is 6.07 Å². The normalized spacial score (nSPS) is 22.3. The molecule has 0 saturated carbocycles. The Hall–Kier alpha value is -1.53. The van der Waals surface area contributed by atoms with Crippen LogP contribution in [0, 0.1) is 11.6 Å². The SMILES string of the molecule is CC(C)N(C)C[C@@]1(O)CCCN(Cc2cccc(F)c2F)C1=O. The highest BCUT2D eigenvalue weighted by Crippen LogP contribution is 2.26. The van der Waals surface area contributed by atoms with Crippen LogP contribution in [-0.2, 0) is 11.3 Å². The molecule has 0 aliphatic carbocycles. The van der Waals surface area contributed by atoms with E-state index >= 15 is 0 Å². The summed E-state index contributed by atoms with van der Waals surface area (Å²) < 4.78 is 27.1. The van der Waals surface area contributed by atoms with Crippen LogP contribution in [0.5, 0.6) is 0 Å². The highest BCUT2D eigenvalue weighted by molar-refractivity contribution is 5.86. The zero-order valence-electron chi connectivity index (χ0n) is 13.9. The molecule has 1 aliphatic heterocycles. The zero-order valence-corrected chi connectivity index (χ0v) is 13.9. The van der Waals surface area contributed by atoms with Crippen molar-refractivity contribution in [1.82, 2.24) is 9.80 Å². The molecule has 0 unspecified atom stereocenters. The molecule has 0 radical (unpaired) electrons. The zero-order chi connectivity index (χ0) is 17.2. The van der Waals surface area contributed by atoms with Crippen LogP contribution < -0.4 is 0 Å². The van der Waals surface area contributed by atoms with E-state index < -0.39 is 23.1 Å². The van der Waals surface area contributed by atoms with Crippen molar-refractivity contribution >= 4 is 5.91 Å². The first-order valence-corrected chi connectivity index (χ1v) is 7.89. The molecule has 23 heavy (non-hydrogen) atoms. The fraction of sp³-hybridized carbons (Fsp3) is 0.588. The van der Waals surface area contributed by atoms with Gasteiger partial charge in [-0.25, -0.2) is 8.78 Å². The molecule has 0 aromatic heterocycles. The predicted molar refractivity (Wildman–Crippen MR) is 83.7 cm³/mol. The molecule has 1 heterocycles. The number of likely N-dealkylation sites (tertiary alicyclic amines) is 1. The monoisotopic (exact) mass is 326 g/mol. The van der Waals surface area contributed by atoms with Gasteiger partial charge < -0.3 is 14.9 Å². The van der Waals surface area contributed by atoms with E-state index in [1.807, 2.05) is 25.8 Å². The van der Waals surface area contributed by atoms with E-state index in [1.54, 1.807) is 0 Å². The van der Waals surface area contributed by atoms with Gasteiger partial charge in [-0.3, -0.25) is 4.79 Å². The van der Waals surface area contributed by atoms with Gasteiger partial charge in [0, 0.05) is 31.2 Å². The Kier molecular flexibility index (Phi) is 5.37. The topological polar surface area (TPSA) is 43.8 Å². The van der Waals surface area contributed by atoms with Crippen LogP contribution in [-0.4, -0.2) is 52.6 Å². The number of piperidine rings is 1. The summed E-state index contributed by atoms with van der Waals surface area (Å²) >= 11 is 0. The molecule has 1 aromatic rings. The number of amides is 1. The summed E-state index contributed by atoms with van der Waals surface area (Å²) in [6.07, 6.45) is 1.01. The molecule has 1 aromatic carbocycles. The smallest absolute Gasteiger partial charge is 0.256 e. The molecule has 1 aliphatic rings. The molecule has 1 atom stereocenters. The molecule has 0 bridgehead atoms. The number of rotatable bonds is 5. The molecule has 1 N–H and O–H groups in total. The van der Waals surface area contributed by atoms with Crippen LogP contribution in [0.2, 0.25) is 0 Å². The lowest BCUT2D eigenvalue weighted by atomic mass is 9.90. The van der Waals surface area contributed by atoms with Crippen molar-refractivity contribution in [2.75, 3.05) is 20.1 Å². The van der Waals surface area contributed by atoms with Gasteiger partial charge in [0.2, 0.25) is 0 Å². The molecule has 1 amide bonds. The summed E-state index contributed by atoms with van der Waals surface area (Å²) in [7, 11) is 1.85. The standard InChI is InChI=1S/C17H24F2N2O2/c1-12(2)20(3)11-17(23)8-5-9-21(16(17)22)10-13-6-4-7-14(18)15(13)19/h4,6-7,12,23H,5,8-11H2,1-3H3/t17-/m0/s1. The second-order valence-electron chi connectivity index (χ2n) is 6.58. The molecular weight excluding hydrogens is 302 g/mol. The van der Waals surface area contributed by atoms with Gasteiger partial charge in [0.05, 0.1) is 0 Å². The van der Waals surface area contributed by atoms with Crippen LogP contribution in [0.25, 0.3) is 0 Å². The predicted octanol–water partition coefficient (Wildman–Crippen LogP) is 2.16. The average Bonchev–Trinajstić information content (AvgIpc) is 2.48. The van der Waals surface area contributed by atoms with Crippen LogP contribution >= 0.6 is 0 Å². The number of aliphatic hydroxyl groups is 1. The molecular formula is C17H24F2N2O2. The summed E-state index contributed by atoms with van der Waals surface area (Å²) in [5, 5.41) is 10.7. The van der Waals surface area contributed by atoms with Crippen molar-refractivity contribution in [2.24, 2.45) is 0 Å². The van der Waals surface area contributed by atoms with Gasteiger partial charge in [-0.1, -0.05) is 12.1 Å². The fourth-order valence-corrected chi connectivity index (χ4v) is 2.83. The maximum absolute atomic E-state index is 13.8. The van der Waals surface area contributed by atoms with Crippen molar-refractivity contribution in [2.45, 2.75) is 44.9 Å². The number of hydrogen-bond donors (Lipinski definition) is 1.